The zero-order valence-corrected chi connectivity index (χ0v) is 17.2. The second-order valence-electron chi connectivity index (χ2n) is 7.88. The molecule has 1 heterocycles. The lowest BCUT2D eigenvalue weighted by atomic mass is 9.85. The van der Waals surface area contributed by atoms with Crippen LogP contribution in [0.2, 0.25) is 5.02 Å². The molecule has 1 fully saturated rings. The molecule has 1 aliphatic heterocycles. The van der Waals surface area contributed by atoms with Gasteiger partial charge in [0, 0.05) is 6.54 Å². The minimum Gasteiger partial charge on any atom is -0.494 e. The summed E-state index contributed by atoms with van der Waals surface area (Å²) in [7, 11) is 0. The van der Waals surface area contributed by atoms with Crippen molar-refractivity contribution in [1.29, 1.82) is 0 Å². The van der Waals surface area contributed by atoms with E-state index in [9.17, 15) is 4.39 Å². The molecule has 0 bridgehead atoms. The molecule has 0 saturated carbocycles. The van der Waals surface area contributed by atoms with Crippen molar-refractivity contribution in [3.05, 3.63) is 69.5 Å². The number of hydrogen-bond acceptors (Lipinski definition) is 2. The summed E-state index contributed by atoms with van der Waals surface area (Å²) >= 11 is 5.73. The van der Waals surface area contributed by atoms with Crippen molar-refractivity contribution in [3.8, 4) is 5.75 Å². The molecular weight excluding hydrogens is 373 g/mol. The smallest absolute Gasteiger partial charge is 0.142 e. The molecule has 28 heavy (non-hydrogen) atoms. The molecule has 0 spiro atoms. The first-order valence-corrected chi connectivity index (χ1v) is 10.6. The van der Waals surface area contributed by atoms with Crippen molar-refractivity contribution in [2.45, 2.75) is 39.0 Å². The van der Waals surface area contributed by atoms with E-state index in [1.54, 1.807) is 11.6 Å². The standard InChI is InChI=1S/C24H27ClFNO/c1-17-20(16-27-11-3-12-27)7-6-19-15-21(8-9-22(17)19)28-13-2-4-18-5-10-23(25)24(26)14-18/h5,8-10,14-15H,2-4,6-7,11-13,16H2,1H3. The van der Waals surface area contributed by atoms with Gasteiger partial charge < -0.3 is 4.74 Å². The lowest BCUT2D eigenvalue weighted by Gasteiger charge is -2.33. The highest BCUT2D eigenvalue weighted by Gasteiger charge is 2.21. The van der Waals surface area contributed by atoms with Gasteiger partial charge in [-0.05, 0) is 98.6 Å². The van der Waals surface area contributed by atoms with Crippen LogP contribution in [0.3, 0.4) is 0 Å². The molecule has 4 heteroatoms. The Morgan fingerprint density at radius 1 is 1.11 bits per heavy atom. The van der Waals surface area contributed by atoms with Crippen LogP contribution in [0.25, 0.3) is 5.57 Å². The van der Waals surface area contributed by atoms with E-state index in [1.165, 1.54) is 42.3 Å². The molecule has 0 N–H and O–H groups in total. The number of ether oxygens (including phenoxy) is 1. The summed E-state index contributed by atoms with van der Waals surface area (Å²) in [5.74, 6) is 0.576. The Balaban J connectivity index is 1.32. The van der Waals surface area contributed by atoms with Crippen molar-refractivity contribution in [2.75, 3.05) is 26.2 Å². The molecular formula is C24H27ClFNO. The molecule has 2 aliphatic rings. The Bertz CT molecular complexity index is 888. The summed E-state index contributed by atoms with van der Waals surface area (Å²) in [4.78, 5) is 2.54. The topological polar surface area (TPSA) is 12.5 Å². The number of rotatable bonds is 7. The van der Waals surface area contributed by atoms with E-state index < -0.39 is 0 Å². The van der Waals surface area contributed by atoms with Crippen molar-refractivity contribution in [2.24, 2.45) is 0 Å². The van der Waals surface area contributed by atoms with Gasteiger partial charge in [0.05, 0.1) is 11.6 Å². The first-order valence-electron chi connectivity index (χ1n) is 10.2. The van der Waals surface area contributed by atoms with Crippen LogP contribution in [0, 0.1) is 5.82 Å². The largest absolute Gasteiger partial charge is 0.494 e. The Morgan fingerprint density at radius 2 is 1.96 bits per heavy atom. The Labute approximate surface area is 172 Å². The van der Waals surface area contributed by atoms with Gasteiger partial charge in [-0.1, -0.05) is 29.3 Å². The maximum atomic E-state index is 13.5. The first kappa shape index (κ1) is 19.5. The average molecular weight is 400 g/mol. The highest BCUT2D eigenvalue weighted by Crippen LogP contribution is 2.34. The minimum absolute atomic E-state index is 0.173. The van der Waals surface area contributed by atoms with Crippen molar-refractivity contribution < 1.29 is 9.13 Å². The van der Waals surface area contributed by atoms with E-state index in [0.29, 0.717) is 6.61 Å². The van der Waals surface area contributed by atoms with Gasteiger partial charge in [-0.3, -0.25) is 4.90 Å². The van der Waals surface area contributed by atoms with Crippen LogP contribution in [0.15, 0.2) is 42.0 Å². The Hall–Kier alpha value is -1.84. The van der Waals surface area contributed by atoms with E-state index >= 15 is 0 Å². The lowest BCUT2D eigenvalue weighted by molar-refractivity contribution is 0.197. The number of allylic oxidation sites excluding steroid dienone is 1. The molecule has 0 atom stereocenters. The molecule has 0 radical (unpaired) electrons. The van der Waals surface area contributed by atoms with E-state index in [-0.39, 0.29) is 10.8 Å². The molecule has 1 aliphatic carbocycles. The number of nitrogens with zero attached hydrogens (tertiary/aromatic N) is 1. The SMILES string of the molecule is CC1=C(CN2CCC2)CCc2cc(OCCCc3ccc(Cl)c(F)c3)ccc21. The van der Waals surface area contributed by atoms with Crippen LogP contribution in [-0.4, -0.2) is 31.1 Å². The number of aryl methyl sites for hydroxylation is 2. The molecule has 2 aromatic carbocycles. The van der Waals surface area contributed by atoms with E-state index in [1.807, 2.05) is 6.07 Å². The highest BCUT2D eigenvalue weighted by atomic mass is 35.5. The van der Waals surface area contributed by atoms with Gasteiger partial charge in [-0.25, -0.2) is 4.39 Å². The average Bonchev–Trinajstić information content (AvgIpc) is 2.66. The fourth-order valence-electron chi connectivity index (χ4n) is 4.06. The zero-order valence-electron chi connectivity index (χ0n) is 16.4. The predicted octanol–water partition coefficient (Wildman–Crippen LogP) is 5.92. The zero-order chi connectivity index (χ0) is 19.5. The summed E-state index contributed by atoms with van der Waals surface area (Å²) in [5, 5.41) is 0.173. The van der Waals surface area contributed by atoms with Gasteiger partial charge in [-0.2, -0.15) is 0 Å². The lowest BCUT2D eigenvalue weighted by Crippen LogP contribution is -2.38. The summed E-state index contributed by atoms with van der Waals surface area (Å²) in [5.41, 5.74) is 6.76. The van der Waals surface area contributed by atoms with E-state index in [0.717, 1.165) is 43.5 Å². The van der Waals surface area contributed by atoms with Gasteiger partial charge in [0.1, 0.15) is 11.6 Å². The quantitative estimate of drug-likeness (QED) is 0.536. The highest BCUT2D eigenvalue weighted by molar-refractivity contribution is 6.30. The maximum Gasteiger partial charge on any atom is 0.142 e. The summed E-state index contributed by atoms with van der Waals surface area (Å²) in [6.07, 6.45) is 5.21. The van der Waals surface area contributed by atoms with Crippen LogP contribution in [0.4, 0.5) is 4.39 Å². The van der Waals surface area contributed by atoms with Gasteiger partial charge in [0.25, 0.3) is 0 Å². The van der Waals surface area contributed by atoms with Gasteiger partial charge >= 0.3 is 0 Å². The van der Waals surface area contributed by atoms with E-state index in [4.69, 9.17) is 16.3 Å². The summed E-state index contributed by atoms with van der Waals surface area (Å²) in [6.45, 7) is 6.52. The monoisotopic (exact) mass is 399 g/mol. The third-order valence-corrected chi connectivity index (χ3v) is 6.24. The summed E-state index contributed by atoms with van der Waals surface area (Å²) in [6, 6.07) is 11.5. The summed E-state index contributed by atoms with van der Waals surface area (Å²) < 4.78 is 19.5. The molecule has 0 amide bonds. The number of fused-ring (bicyclic) bond motifs is 1. The first-order chi connectivity index (χ1) is 13.6. The molecule has 2 aromatic rings. The fraction of sp³-hybridized carbons (Fsp3) is 0.417. The molecule has 148 valence electrons. The minimum atomic E-state index is -0.355. The van der Waals surface area contributed by atoms with Gasteiger partial charge in [0.2, 0.25) is 0 Å². The molecule has 0 aromatic heterocycles. The van der Waals surface area contributed by atoms with Crippen LogP contribution < -0.4 is 4.74 Å². The maximum absolute atomic E-state index is 13.5. The number of likely N-dealkylation sites (tertiary alicyclic amines) is 1. The van der Waals surface area contributed by atoms with Gasteiger partial charge in [0.15, 0.2) is 0 Å². The number of hydrogen-bond donors (Lipinski definition) is 0. The van der Waals surface area contributed by atoms with Crippen LogP contribution in [0.5, 0.6) is 5.75 Å². The molecule has 0 unspecified atom stereocenters. The molecule has 2 nitrogen and oxygen atoms in total. The van der Waals surface area contributed by atoms with Gasteiger partial charge in [-0.15, -0.1) is 0 Å². The van der Waals surface area contributed by atoms with Crippen LogP contribution in [-0.2, 0) is 12.8 Å². The fourth-order valence-corrected chi connectivity index (χ4v) is 4.18. The van der Waals surface area contributed by atoms with Crippen molar-refractivity contribution in [1.82, 2.24) is 4.90 Å². The van der Waals surface area contributed by atoms with Crippen LogP contribution in [0.1, 0.15) is 42.9 Å². The third-order valence-electron chi connectivity index (χ3n) is 5.93. The third kappa shape index (κ3) is 4.42. The Kier molecular flexibility index (Phi) is 6.03. The van der Waals surface area contributed by atoms with Crippen molar-refractivity contribution in [3.63, 3.8) is 0 Å². The van der Waals surface area contributed by atoms with Crippen molar-refractivity contribution >= 4 is 17.2 Å². The Morgan fingerprint density at radius 3 is 2.71 bits per heavy atom. The van der Waals surface area contributed by atoms with E-state index in [2.05, 4.69) is 30.0 Å². The number of benzene rings is 2. The van der Waals surface area contributed by atoms with Crippen LogP contribution >= 0.6 is 11.6 Å². The molecule has 4 rings (SSSR count). The second-order valence-corrected chi connectivity index (χ2v) is 8.28. The predicted molar refractivity (Wildman–Crippen MR) is 114 cm³/mol. The molecule has 1 saturated heterocycles. The normalized spacial score (nSPS) is 16.7. The number of halogens is 2. The second kappa shape index (κ2) is 8.67.